The highest BCUT2D eigenvalue weighted by Crippen LogP contribution is 2.04. The molecule has 2 rings (SSSR count). The molecule has 4 nitrogen and oxygen atoms in total. The first-order chi connectivity index (χ1) is 8.34. The van der Waals surface area contributed by atoms with Gasteiger partial charge < -0.3 is 14.5 Å². The minimum absolute atomic E-state index is 0.363. The molecule has 0 aromatic carbocycles. The van der Waals surface area contributed by atoms with Crippen LogP contribution in [0.3, 0.4) is 0 Å². The molecule has 4 heteroatoms. The maximum atomic E-state index is 5.62. The maximum absolute atomic E-state index is 5.62. The first kappa shape index (κ1) is 12.6. The third kappa shape index (κ3) is 4.50. The van der Waals surface area contributed by atoms with E-state index in [1.807, 2.05) is 12.1 Å². The minimum Gasteiger partial charge on any atom is -0.468 e. The quantitative estimate of drug-likeness (QED) is 0.789. The topological polar surface area (TPSA) is 37.6 Å². The van der Waals surface area contributed by atoms with Gasteiger partial charge in [0, 0.05) is 32.8 Å². The van der Waals surface area contributed by atoms with Gasteiger partial charge >= 0.3 is 0 Å². The van der Waals surface area contributed by atoms with Gasteiger partial charge in [0.05, 0.1) is 18.9 Å². The van der Waals surface area contributed by atoms with Gasteiger partial charge in [-0.05, 0) is 25.5 Å². The van der Waals surface area contributed by atoms with Gasteiger partial charge in [0.2, 0.25) is 0 Å². The molecule has 1 atom stereocenters. The lowest BCUT2D eigenvalue weighted by atomic mass is 10.3. The number of furan rings is 1. The Balaban J connectivity index is 1.60. The van der Waals surface area contributed by atoms with Gasteiger partial charge in [-0.3, -0.25) is 4.90 Å². The monoisotopic (exact) mass is 238 g/mol. The van der Waals surface area contributed by atoms with Gasteiger partial charge in [0.15, 0.2) is 0 Å². The van der Waals surface area contributed by atoms with E-state index < -0.39 is 0 Å². The van der Waals surface area contributed by atoms with E-state index in [2.05, 4.69) is 17.1 Å². The van der Waals surface area contributed by atoms with Crippen molar-refractivity contribution < 1.29 is 9.15 Å². The van der Waals surface area contributed by atoms with Crippen LogP contribution in [0.4, 0.5) is 0 Å². The van der Waals surface area contributed by atoms with Crippen LogP contribution in [0.2, 0.25) is 0 Å². The molecule has 1 N–H and O–H groups in total. The van der Waals surface area contributed by atoms with E-state index in [-0.39, 0.29) is 0 Å². The van der Waals surface area contributed by atoms with E-state index in [0.717, 1.165) is 51.5 Å². The van der Waals surface area contributed by atoms with Crippen molar-refractivity contribution in [2.45, 2.75) is 26.0 Å². The zero-order valence-corrected chi connectivity index (χ0v) is 10.5. The van der Waals surface area contributed by atoms with Crippen LogP contribution in [-0.4, -0.2) is 43.8 Å². The molecule has 1 aromatic heterocycles. The first-order valence-electron chi connectivity index (χ1n) is 6.41. The zero-order chi connectivity index (χ0) is 11.9. The summed E-state index contributed by atoms with van der Waals surface area (Å²) in [5, 5.41) is 3.39. The highest BCUT2D eigenvalue weighted by Gasteiger charge is 2.13. The fourth-order valence-electron chi connectivity index (χ4n) is 2.15. The van der Waals surface area contributed by atoms with Crippen LogP contribution >= 0.6 is 0 Å². The highest BCUT2D eigenvalue weighted by atomic mass is 16.5. The van der Waals surface area contributed by atoms with E-state index in [9.17, 15) is 0 Å². The Morgan fingerprint density at radius 1 is 1.53 bits per heavy atom. The highest BCUT2D eigenvalue weighted by molar-refractivity contribution is 4.97. The molecule has 17 heavy (non-hydrogen) atoms. The van der Waals surface area contributed by atoms with Gasteiger partial charge in [-0.1, -0.05) is 0 Å². The Bertz CT molecular complexity index is 300. The van der Waals surface area contributed by atoms with Crippen LogP contribution in [-0.2, 0) is 11.3 Å². The molecular formula is C13H22N2O2. The fourth-order valence-corrected chi connectivity index (χ4v) is 2.15. The second-order valence-electron chi connectivity index (χ2n) is 4.59. The lowest BCUT2D eigenvalue weighted by Gasteiger charge is -2.21. The van der Waals surface area contributed by atoms with Crippen LogP contribution in [0, 0.1) is 0 Å². The summed E-state index contributed by atoms with van der Waals surface area (Å²) >= 11 is 0. The zero-order valence-electron chi connectivity index (χ0n) is 10.5. The summed E-state index contributed by atoms with van der Waals surface area (Å²) in [6, 6.07) is 3.92. The van der Waals surface area contributed by atoms with E-state index in [4.69, 9.17) is 9.15 Å². The summed E-state index contributed by atoms with van der Waals surface area (Å²) in [5.41, 5.74) is 0. The van der Waals surface area contributed by atoms with Crippen molar-refractivity contribution in [3.8, 4) is 0 Å². The molecule has 1 aromatic rings. The summed E-state index contributed by atoms with van der Waals surface area (Å²) in [7, 11) is 0. The van der Waals surface area contributed by atoms with Crippen LogP contribution in [0.15, 0.2) is 22.8 Å². The molecule has 0 bridgehead atoms. The standard InChI is InChI=1S/C13H22N2O2/c1-12-11-15(6-3-9-16-12)7-5-14-10-13-4-2-8-17-13/h2,4,8,12,14H,3,5-7,9-11H2,1H3. The van der Waals surface area contributed by atoms with E-state index in [1.54, 1.807) is 6.26 Å². The number of nitrogens with zero attached hydrogens (tertiary/aromatic N) is 1. The van der Waals surface area contributed by atoms with Crippen molar-refractivity contribution in [2.75, 3.05) is 32.8 Å². The summed E-state index contributed by atoms with van der Waals surface area (Å²) in [4.78, 5) is 2.47. The summed E-state index contributed by atoms with van der Waals surface area (Å²) < 4.78 is 10.9. The van der Waals surface area contributed by atoms with Crippen molar-refractivity contribution >= 4 is 0 Å². The number of hydrogen-bond donors (Lipinski definition) is 1. The van der Waals surface area contributed by atoms with Crippen LogP contribution in [0.1, 0.15) is 19.1 Å². The molecule has 1 aliphatic rings. The second kappa shape index (κ2) is 6.79. The molecule has 0 radical (unpaired) electrons. The molecule has 0 saturated carbocycles. The van der Waals surface area contributed by atoms with Crippen molar-refractivity contribution in [2.24, 2.45) is 0 Å². The molecule has 2 heterocycles. The molecule has 1 unspecified atom stereocenters. The predicted octanol–water partition coefficient (Wildman–Crippen LogP) is 1.48. The van der Waals surface area contributed by atoms with Crippen molar-refractivity contribution in [3.05, 3.63) is 24.2 Å². The molecule has 1 saturated heterocycles. The van der Waals surface area contributed by atoms with Crippen LogP contribution < -0.4 is 5.32 Å². The SMILES string of the molecule is CC1CN(CCNCc2ccco2)CCCO1. The molecule has 0 spiro atoms. The molecule has 1 aliphatic heterocycles. The Morgan fingerprint density at radius 3 is 3.29 bits per heavy atom. The van der Waals surface area contributed by atoms with Gasteiger partial charge in [-0.2, -0.15) is 0 Å². The lowest BCUT2D eigenvalue weighted by Crippen LogP contribution is -2.35. The van der Waals surface area contributed by atoms with Gasteiger partial charge in [0.1, 0.15) is 5.76 Å². The smallest absolute Gasteiger partial charge is 0.117 e. The van der Waals surface area contributed by atoms with E-state index in [0.29, 0.717) is 6.10 Å². The third-order valence-corrected chi connectivity index (χ3v) is 3.02. The minimum atomic E-state index is 0.363. The Labute approximate surface area is 103 Å². The van der Waals surface area contributed by atoms with Gasteiger partial charge in [-0.15, -0.1) is 0 Å². The normalized spacial score (nSPS) is 22.5. The molecule has 96 valence electrons. The predicted molar refractivity (Wildman–Crippen MR) is 66.9 cm³/mol. The van der Waals surface area contributed by atoms with Gasteiger partial charge in [-0.25, -0.2) is 0 Å². The van der Waals surface area contributed by atoms with Gasteiger partial charge in [0.25, 0.3) is 0 Å². The molecule has 0 aliphatic carbocycles. The summed E-state index contributed by atoms with van der Waals surface area (Å²) in [6.07, 6.45) is 3.22. The number of nitrogens with one attached hydrogen (secondary N) is 1. The Hall–Kier alpha value is -0.840. The average Bonchev–Trinajstić information content (AvgIpc) is 2.74. The van der Waals surface area contributed by atoms with Crippen molar-refractivity contribution in [1.29, 1.82) is 0 Å². The Morgan fingerprint density at radius 2 is 2.47 bits per heavy atom. The molecule has 0 amide bonds. The second-order valence-corrected chi connectivity index (χ2v) is 4.59. The molecule has 1 fully saturated rings. The van der Waals surface area contributed by atoms with Crippen molar-refractivity contribution in [3.63, 3.8) is 0 Å². The average molecular weight is 238 g/mol. The number of rotatable bonds is 5. The fraction of sp³-hybridized carbons (Fsp3) is 0.692. The third-order valence-electron chi connectivity index (χ3n) is 3.02. The first-order valence-corrected chi connectivity index (χ1v) is 6.41. The summed E-state index contributed by atoms with van der Waals surface area (Å²) in [6.45, 7) is 8.12. The number of hydrogen-bond acceptors (Lipinski definition) is 4. The van der Waals surface area contributed by atoms with E-state index in [1.165, 1.54) is 0 Å². The largest absolute Gasteiger partial charge is 0.468 e. The summed E-state index contributed by atoms with van der Waals surface area (Å²) in [5.74, 6) is 0.998. The van der Waals surface area contributed by atoms with Crippen molar-refractivity contribution in [1.82, 2.24) is 10.2 Å². The molecular weight excluding hydrogens is 216 g/mol. The lowest BCUT2D eigenvalue weighted by molar-refractivity contribution is 0.0679. The van der Waals surface area contributed by atoms with Crippen LogP contribution in [0.5, 0.6) is 0 Å². The number of ether oxygens (including phenoxy) is 1. The van der Waals surface area contributed by atoms with E-state index >= 15 is 0 Å². The van der Waals surface area contributed by atoms with Crippen LogP contribution in [0.25, 0.3) is 0 Å². The maximum Gasteiger partial charge on any atom is 0.117 e. The Kier molecular flexibility index (Phi) is 5.04.